The monoisotopic (exact) mass is 379 g/mol. The number of nitrogens with zero attached hydrogens (tertiary/aromatic N) is 1. The van der Waals surface area contributed by atoms with E-state index in [1.54, 1.807) is 6.07 Å². The third-order valence-corrected chi connectivity index (χ3v) is 7.84. The molecule has 0 amide bonds. The van der Waals surface area contributed by atoms with E-state index in [2.05, 4.69) is 13.8 Å². The second-order valence-electron chi connectivity index (χ2n) is 7.96. The molecule has 0 aromatic heterocycles. The molecule has 1 aliphatic rings. The van der Waals surface area contributed by atoms with Crippen molar-refractivity contribution >= 4 is 21.8 Å². The number of carbonyl (C=O) groups is 1. The first kappa shape index (κ1) is 20.9. The van der Waals surface area contributed by atoms with Gasteiger partial charge in [-0.2, -0.15) is 0 Å². The van der Waals surface area contributed by atoms with Gasteiger partial charge in [0.05, 0.1) is 10.6 Å². The van der Waals surface area contributed by atoms with Crippen LogP contribution in [0.2, 0.25) is 0 Å². The fourth-order valence-electron chi connectivity index (χ4n) is 4.21. The third-order valence-electron chi connectivity index (χ3n) is 5.82. The van der Waals surface area contributed by atoms with Gasteiger partial charge in [-0.15, -0.1) is 0 Å². The summed E-state index contributed by atoms with van der Waals surface area (Å²) in [5, 5.41) is 0. The highest BCUT2D eigenvalue weighted by Crippen LogP contribution is 2.45. The van der Waals surface area contributed by atoms with E-state index in [0.717, 1.165) is 56.1 Å². The summed E-state index contributed by atoms with van der Waals surface area (Å²) >= 11 is 0. The van der Waals surface area contributed by atoms with Crippen LogP contribution in [-0.4, -0.2) is 34.6 Å². The second-order valence-corrected chi connectivity index (χ2v) is 9.92. The fraction of sp³-hybridized carbons (Fsp3) is 0.667. The van der Waals surface area contributed by atoms with Gasteiger partial charge in [0.1, 0.15) is 6.29 Å². The maximum atomic E-state index is 13.2. The number of aldehydes is 1. The number of rotatable bonds is 8. The molecule has 5 heteroatoms. The molecule has 1 heterocycles. The highest BCUT2D eigenvalue weighted by atomic mass is 32.2. The molecule has 0 N–H and O–H groups in total. The van der Waals surface area contributed by atoms with Gasteiger partial charge < -0.3 is 9.69 Å². The fourth-order valence-corrected chi connectivity index (χ4v) is 6.45. The van der Waals surface area contributed by atoms with Gasteiger partial charge >= 0.3 is 0 Å². The molecule has 1 aliphatic heterocycles. The van der Waals surface area contributed by atoms with E-state index in [1.807, 2.05) is 31.1 Å². The lowest BCUT2D eigenvalue weighted by Crippen LogP contribution is -2.38. The number of hydrogen-bond donors (Lipinski definition) is 0. The summed E-state index contributed by atoms with van der Waals surface area (Å²) in [6, 6.07) is 5.54. The van der Waals surface area contributed by atoms with Crippen molar-refractivity contribution < 1.29 is 13.2 Å². The summed E-state index contributed by atoms with van der Waals surface area (Å²) in [6.07, 6.45) is 7.10. The van der Waals surface area contributed by atoms with E-state index in [9.17, 15) is 13.2 Å². The molecule has 2 rings (SSSR count). The van der Waals surface area contributed by atoms with E-state index < -0.39 is 15.3 Å². The summed E-state index contributed by atoms with van der Waals surface area (Å²) in [7, 11) is 0.473. The smallest absolute Gasteiger partial charge is 0.179 e. The van der Waals surface area contributed by atoms with Crippen molar-refractivity contribution in [2.45, 2.75) is 63.7 Å². The van der Waals surface area contributed by atoms with Crippen molar-refractivity contribution in [2.24, 2.45) is 11.3 Å². The minimum atomic E-state index is -3.41. The number of unbranched alkanes of at least 4 members (excludes halogenated alkanes) is 2. The Hall–Kier alpha value is -1.36. The molecule has 0 saturated carbocycles. The quantitative estimate of drug-likeness (QED) is 0.633. The maximum absolute atomic E-state index is 13.2. The van der Waals surface area contributed by atoms with Crippen molar-refractivity contribution in [1.82, 2.24) is 0 Å². The Kier molecular flexibility index (Phi) is 6.89. The van der Waals surface area contributed by atoms with Gasteiger partial charge in [-0.05, 0) is 48.4 Å². The summed E-state index contributed by atoms with van der Waals surface area (Å²) < 4.78 is 26.5. The molecule has 0 aliphatic carbocycles. The van der Waals surface area contributed by atoms with Crippen molar-refractivity contribution in [2.75, 3.05) is 24.7 Å². The summed E-state index contributed by atoms with van der Waals surface area (Å²) in [6.45, 7) is 4.24. The minimum Gasteiger partial charge on any atom is -0.378 e. The maximum Gasteiger partial charge on any atom is 0.179 e. The molecule has 1 atom stereocenters. The molecule has 4 nitrogen and oxygen atoms in total. The first-order valence-corrected chi connectivity index (χ1v) is 11.4. The van der Waals surface area contributed by atoms with E-state index in [-0.39, 0.29) is 11.7 Å². The number of sulfone groups is 1. The molecule has 1 aromatic rings. The normalized spacial score (nSPS) is 20.8. The summed E-state index contributed by atoms with van der Waals surface area (Å²) in [5.41, 5.74) is 1.32. The van der Waals surface area contributed by atoms with Crippen LogP contribution < -0.4 is 4.90 Å². The van der Waals surface area contributed by atoms with Gasteiger partial charge in [-0.1, -0.05) is 39.5 Å². The molecule has 0 fully saturated rings. The van der Waals surface area contributed by atoms with Crippen LogP contribution in [0.5, 0.6) is 0 Å². The Morgan fingerprint density at radius 2 is 1.77 bits per heavy atom. The summed E-state index contributed by atoms with van der Waals surface area (Å²) in [5.74, 6) is -0.147. The van der Waals surface area contributed by atoms with Crippen LogP contribution in [0.25, 0.3) is 0 Å². The van der Waals surface area contributed by atoms with Crippen LogP contribution in [0.3, 0.4) is 0 Å². The van der Waals surface area contributed by atoms with Crippen LogP contribution in [-0.2, 0) is 21.1 Å². The number of hydrogen-bond acceptors (Lipinski definition) is 4. The number of carbonyl (C=O) groups excluding carboxylic acids is 1. The van der Waals surface area contributed by atoms with Crippen molar-refractivity contribution in [3.63, 3.8) is 0 Å². The lowest BCUT2D eigenvalue weighted by atomic mass is 9.68. The van der Waals surface area contributed by atoms with Gasteiger partial charge in [-0.3, -0.25) is 0 Å². The van der Waals surface area contributed by atoms with Gasteiger partial charge in [0.15, 0.2) is 9.84 Å². The molecular formula is C21H33NO3S. The second kappa shape index (κ2) is 8.55. The van der Waals surface area contributed by atoms with Crippen molar-refractivity contribution in [3.05, 3.63) is 23.8 Å². The number of anilines is 1. The molecule has 146 valence electrons. The Balaban J connectivity index is 2.56. The van der Waals surface area contributed by atoms with Gasteiger partial charge in [0.25, 0.3) is 0 Å². The summed E-state index contributed by atoms with van der Waals surface area (Å²) in [4.78, 5) is 14.5. The molecule has 0 bridgehead atoms. The first-order chi connectivity index (χ1) is 12.3. The van der Waals surface area contributed by atoms with Crippen molar-refractivity contribution in [3.8, 4) is 0 Å². The predicted molar refractivity (Wildman–Crippen MR) is 108 cm³/mol. The van der Waals surface area contributed by atoms with Crippen LogP contribution in [0.15, 0.2) is 23.1 Å². The average molecular weight is 380 g/mol. The molecular weight excluding hydrogens is 346 g/mol. The zero-order chi connectivity index (χ0) is 19.4. The van der Waals surface area contributed by atoms with E-state index in [4.69, 9.17) is 0 Å². The van der Waals surface area contributed by atoms with Gasteiger partial charge in [0.2, 0.25) is 0 Å². The van der Waals surface area contributed by atoms with E-state index >= 15 is 0 Å². The lowest BCUT2D eigenvalue weighted by Gasteiger charge is -2.37. The highest BCUT2D eigenvalue weighted by molar-refractivity contribution is 7.91. The van der Waals surface area contributed by atoms with Crippen LogP contribution in [0.1, 0.15) is 57.9 Å². The minimum absolute atomic E-state index is 0.0950. The Morgan fingerprint density at radius 3 is 2.27 bits per heavy atom. The SMILES string of the molecule is CCCCC1(CCCC)CS(=O)(=O)c2ccc(N(C)C)cc2CC1C=O. The van der Waals surface area contributed by atoms with Gasteiger partial charge in [0, 0.05) is 25.7 Å². The molecule has 0 spiro atoms. The standard InChI is InChI=1S/C21H33NO3S/c1-5-7-11-21(12-8-6-2)16-26(24,25)20-10-9-19(22(3)4)14-17(20)13-18(21)15-23/h9-10,14-15,18H,5-8,11-13,16H2,1-4H3. The molecule has 1 unspecified atom stereocenters. The van der Waals surface area contributed by atoms with Gasteiger partial charge in [-0.25, -0.2) is 8.42 Å². The first-order valence-electron chi connectivity index (χ1n) is 9.78. The lowest BCUT2D eigenvalue weighted by molar-refractivity contribution is -0.114. The van der Waals surface area contributed by atoms with Crippen LogP contribution >= 0.6 is 0 Å². The Bertz CT molecular complexity index is 717. The van der Waals surface area contributed by atoms with Crippen LogP contribution in [0, 0.1) is 11.3 Å². The largest absolute Gasteiger partial charge is 0.378 e. The predicted octanol–water partition coefficient (Wildman–Crippen LogP) is 4.26. The average Bonchev–Trinajstić information content (AvgIpc) is 2.70. The van der Waals surface area contributed by atoms with Crippen LogP contribution in [0.4, 0.5) is 5.69 Å². The zero-order valence-corrected chi connectivity index (χ0v) is 17.4. The number of benzene rings is 1. The Morgan fingerprint density at radius 1 is 1.15 bits per heavy atom. The molecule has 26 heavy (non-hydrogen) atoms. The topological polar surface area (TPSA) is 54.5 Å². The Labute approximate surface area is 158 Å². The van der Waals surface area contributed by atoms with Crippen molar-refractivity contribution in [1.29, 1.82) is 0 Å². The third kappa shape index (κ3) is 4.30. The molecule has 0 radical (unpaired) electrons. The van der Waals surface area contributed by atoms with E-state index in [1.165, 1.54) is 0 Å². The molecule has 0 saturated heterocycles. The number of fused-ring (bicyclic) bond motifs is 1. The van der Waals surface area contributed by atoms with E-state index in [0.29, 0.717) is 11.3 Å². The highest BCUT2D eigenvalue weighted by Gasteiger charge is 2.45. The molecule has 1 aromatic carbocycles. The zero-order valence-electron chi connectivity index (χ0n) is 16.6.